The van der Waals surface area contributed by atoms with Gasteiger partial charge in [-0.2, -0.15) is 0 Å². The Hall–Kier alpha value is -8.21. The highest BCUT2D eigenvalue weighted by Crippen LogP contribution is 2.38. The number of para-hydroxylation sites is 3. The van der Waals surface area contributed by atoms with Crippen LogP contribution in [0.1, 0.15) is 22.9 Å². The van der Waals surface area contributed by atoms with E-state index >= 15 is 0 Å². The molecule has 1 N–H and O–H groups in total. The Morgan fingerprint density at radius 1 is 0.339 bits per heavy atom. The fraction of sp³-hybridized carbons (Fsp3) is 0.0172. The molecule has 12 rings (SSSR count). The molecule has 1 atom stereocenters. The fourth-order valence-corrected chi connectivity index (χ4v) is 9.37. The van der Waals surface area contributed by atoms with Crippen LogP contribution in [0, 0.1) is 0 Å². The summed E-state index contributed by atoms with van der Waals surface area (Å²) in [6.45, 7) is 0. The minimum Gasteiger partial charge on any atom is -0.360 e. The summed E-state index contributed by atoms with van der Waals surface area (Å²) in [5.41, 5.74) is 17.2. The van der Waals surface area contributed by atoms with Gasteiger partial charge in [-0.15, -0.1) is 0 Å². The summed E-state index contributed by atoms with van der Waals surface area (Å²) in [6, 6.07) is 80.7. The highest BCUT2D eigenvalue weighted by atomic mass is 15.1. The molecule has 292 valence electrons. The zero-order valence-corrected chi connectivity index (χ0v) is 33.9. The van der Waals surface area contributed by atoms with E-state index in [9.17, 15) is 0 Å². The third-order valence-electron chi connectivity index (χ3n) is 12.4. The standard InChI is InChI=1S/C58H40N4/c1-4-15-39(16-5-1)52-38-53(40-17-6-2-7-18-40)60-58(59-52)41-27-31-47(32-28-41)62-55-26-13-11-24-49(55)51-37-45(30-34-57(51)62)43-20-14-19-42(35-43)44-29-33-56-50(36-44)48-23-10-12-25-54(48)61(56)46-21-8-3-9-22-46/h1-38,58-59H. The Morgan fingerprint density at radius 2 is 0.790 bits per heavy atom. The number of hydrogen-bond acceptors (Lipinski definition) is 2. The first-order valence-corrected chi connectivity index (χ1v) is 21.2. The van der Waals surface area contributed by atoms with Crippen LogP contribution in [0.4, 0.5) is 0 Å². The average Bonchev–Trinajstić information content (AvgIpc) is 3.87. The van der Waals surface area contributed by atoms with Gasteiger partial charge in [-0.05, 0) is 112 Å². The van der Waals surface area contributed by atoms with Crippen molar-refractivity contribution in [3.63, 3.8) is 0 Å². The van der Waals surface area contributed by atoms with Gasteiger partial charge >= 0.3 is 0 Å². The maximum Gasteiger partial charge on any atom is 0.145 e. The number of nitrogens with zero attached hydrogens (tertiary/aromatic N) is 3. The number of aromatic nitrogens is 2. The average molecular weight is 793 g/mol. The summed E-state index contributed by atoms with van der Waals surface area (Å²) >= 11 is 0. The molecule has 0 spiro atoms. The summed E-state index contributed by atoms with van der Waals surface area (Å²) in [4.78, 5) is 5.21. The van der Waals surface area contributed by atoms with Crippen LogP contribution in [-0.2, 0) is 0 Å². The van der Waals surface area contributed by atoms with Crippen LogP contribution in [0.25, 0.3) is 82.9 Å². The highest BCUT2D eigenvalue weighted by molar-refractivity contribution is 6.13. The number of allylic oxidation sites excluding steroid dienone is 1. The number of nitrogens with one attached hydrogen (secondary N) is 1. The molecule has 0 saturated heterocycles. The zero-order chi connectivity index (χ0) is 41.0. The topological polar surface area (TPSA) is 34.2 Å². The molecule has 9 aromatic carbocycles. The van der Waals surface area contributed by atoms with Crippen molar-refractivity contribution in [3.8, 4) is 33.6 Å². The van der Waals surface area contributed by atoms with Gasteiger partial charge in [-0.3, -0.25) is 4.99 Å². The Bertz CT molecular complexity index is 3520. The van der Waals surface area contributed by atoms with Crippen LogP contribution >= 0.6 is 0 Å². The fourth-order valence-electron chi connectivity index (χ4n) is 9.37. The monoisotopic (exact) mass is 792 g/mol. The number of hydrogen-bond donors (Lipinski definition) is 1. The molecule has 4 nitrogen and oxygen atoms in total. The van der Waals surface area contributed by atoms with Crippen molar-refractivity contribution in [3.05, 3.63) is 247 Å². The molecule has 11 aromatic rings. The lowest BCUT2D eigenvalue weighted by atomic mass is 9.97. The summed E-state index contributed by atoms with van der Waals surface area (Å²) in [6.07, 6.45) is 1.93. The van der Waals surface area contributed by atoms with Gasteiger partial charge < -0.3 is 14.5 Å². The van der Waals surface area contributed by atoms with E-state index in [1.807, 2.05) is 6.07 Å². The lowest BCUT2D eigenvalue weighted by molar-refractivity contribution is 0.664. The van der Waals surface area contributed by atoms with Crippen molar-refractivity contribution in [2.45, 2.75) is 6.17 Å². The van der Waals surface area contributed by atoms with Crippen molar-refractivity contribution >= 4 is 55.0 Å². The maximum absolute atomic E-state index is 5.21. The Morgan fingerprint density at radius 3 is 1.37 bits per heavy atom. The molecule has 0 amide bonds. The second kappa shape index (κ2) is 14.8. The van der Waals surface area contributed by atoms with Crippen molar-refractivity contribution in [1.29, 1.82) is 0 Å². The maximum atomic E-state index is 5.21. The second-order valence-electron chi connectivity index (χ2n) is 16.0. The molecular formula is C58H40N4. The molecule has 2 aromatic heterocycles. The van der Waals surface area contributed by atoms with E-state index in [-0.39, 0.29) is 6.17 Å². The van der Waals surface area contributed by atoms with Crippen molar-refractivity contribution in [1.82, 2.24) is 14.5 Å². The van der Waals surface area contributed by atoms with Crippen LogP contribution in [0.3, 0.4) is 0 Å². The van der Waals surface area contributed by atoms with Crippen LogP contribution in [-0.4, -0.2) is 14.8 Å². The molecule has 0 radical (unpaired) electrons. The Kier molecular flexibility index (Phi) is 8.53. The normalized spacial score (nSPS) is 14.0. The molecule has 0 fully saturated rings. The van der Waals surface area contributed by atoms with Crippen LogP contribution < -0.4 is 5.32 Å². The second-order valence-corrected chi connectivity index (χ2v) is 16.0. The Balaban J connectivity index is 0.896. The minimum atomic E-state index is -0.229. The highest BCUT2D eigenvalue weighted by Gasteiger charge is 2.21. The predicted octanol–water partition coefficient (Wildman–Crippen LogP) is 14.3. The molecule has 1 unspecified atom stereocenters. The van der Waals surface area contributed by atoms with Crippen molar-refractivity contribution in [2.24, 2.45) is 4.99 Å². The van der Waals surface area contributed by atoms with E-state index in [0.717, 1.165) is 33.8 Å². The summed E-state index contributed by atoms with van der Waals surface area (Å²) in [5.74, 6) is 0. The lowest BCUT2D eigenvalue weighted by Crippen LogP contribution is -2.24. The smallest absolute Gasteiger partial charge is 0.145 e. The van der Waals surface area contributed by atoms with Gasteiger partial charge in [0.1, 0.15) is 6.17 Å². The third kappa shape index (κ3) is 6.12. The summed E-state index contributed by atoms with van der Waals surface area (Å²) in [5, 5.41) is 8.69. The first-order chi connectivity index (χ1) is 30.7. The molecular weight excluding hydrogens is 753 g/mol. The molecule has 1 aliphatic rings. The van der Waals surface area contributed by atoms with Gasteiger partial charge in [0.15, 0.2) is 0 Å². The first kappa shape index (κ1) is 35.7. The molecule has 62 heavy (non-hydrogen) atoms. The van der Waals surface area contributed by atoms with Crippen molar-refractivity contribution in [2.75, 3.05) is 0 Å². The van der Waals surface area contributed by atoms with Gasteiger partial charge in [0.25, 0.3) is 0 Å². The van der Waals surface area contributed by atoms with Gasteiger partial charge in [-0.1, -0.05) is 158 Å². The Labute approximate surface area is 360 Å². The molecule has 4 heteroatoms. The minimum absolute atomic E-state index is 0.229. The predicted molar refractivity (Wildman–Crippen MR) is 259 cm³/mol. The number of rotatable bonds is 7. The molecule has 0 saturated carbocycles. The van der Waals surface area contributed by atoms with E-state index in [2.05, 4.69) is 239 Å². The van der Waals surface area contributed by atoms with Crippen molar-refractivity contribution < 1.29 is 0 Å². The van der Waals surface area contributed by atoms with E-state index in [1.54, 1.807) is 0 Å². The van der Waals surface area contributed by atoms with E-state index in [0.29, 0.717) is 0 Å². The number of aliphatic imine (C=N–C) groups is 1. The van der Waals surface area contributed by atoms with E-state index in [1.165, 1.54) is 71.6 Å². The van der Waals surface area contributed by atoms with Gasteiger partial charge in [-0.25, -0.2) is 0 Å². The quantitative estimate of drug-likeness (QED) is 0.171. The summed E-state index contributed by atoms with van der Waals surface area (Å²) in [7, 11) is 0. The van der Waals surface area contributed by atoms with Crippen LogP contribution in [0.5, 0.6) is 0 Å². The summed E-state index contributed by atoms with van der Waals surface area (Å²) < 4.78 is 4.76. The van der Waals surface area contributed by atoms with Crippen LogP contribution in [0.2, 0.25) is 0 Å². The molecule has 0 aliphatic carbocycles. The van der Waals surface area contributed by atoms with Gasteiger partial charge in [0, 0.05) is 38.6 Å². The number of fused-ring (bicyclic) bond motifs is 6. The van der Waals surface area contributed by atoms with Gasteiger partial charge in [0.05, 0.1) is 27.8 Å². The largest absolute Gasteiger partial charge is 0.360 e. The van der Waals surface area contributed by atoms with E-state index in [4.69, 9.17) is 4.99 Å². The number of benzene rings is 9. The SMILES string of the molecule is C1=C(c2ccccc2)NC(c2ccc(-n3c4ccccc4c4cc(-c5cccc(-c6ccc7c(c6)c6ccccc6n7-c6ccccc6)c5)ccc43)cc2)N=C1c1ccccc1. The van der Waals surface area contributed by atoms with E-state index < -0.39 is 0 Å². The lowest BCUT2D eigenvalue weighted by Gasteiger charge is -2.25. The van der Waals surface area contributed by atoms with Crippen LogP contribution in [0.15, 0.2) is 236 Å². The molecule has 0 bridgehead atoms. The first-order valence-electron chi connectivity index (χ1n) is 21.2. The van der Waals surface area contributed by atoms with Gasteiger partial charge in [0.2, 0.25) is 0 Å². The molecule has 1 aliphatic heterocycles. The molecule has 3 heterocycles. The third-order valence-corrected chi connectivity index (χ3v) is 12.4. The zero-order valence-electron chi connectivity index (χ0n) is 33.9.